The zero-order valence-electron chi connectivity index (χ0n) is 13.1. The average Bonchev–Trinajstić information content (AvgIpc) is 2.87. The number of hydrogen-bond acceptors (Lipinski definition) is 3. The van der Waals surface area contributed by atoms with Gasteiger partial charge in [-0.2, -0.15) is 0 Å². The quantitative estimate of drug-likeness (QED) is 0.859. The molecule has 1 amide bonds. The summed E-state index contributed by atoms with van der Waals surface area (Å²) in [7, 11) is 0. The lowest BCUT2D eigenvalue weighted by atomic mass is 10.1. The SMILES string of the molecule is CCOc1cc2c(cc1NC(=O)c1ccc(Br)cc1)OC(C)C2. The summed E-state index contributed by atoms with van der Waals surface area (Å²) in [5.74, 6) is 1.31. The maximum absolute atomic E-state index is 12.4. The number of fused-ring (bicyclic) bond motifs is 1. The number of nitrogens with one attached hydrogen (secondary N) is 1. The molecule has 0 aromatic heterocycles. The summed E-state index contributed by atoms with van der Waals surface area (Å²) < 4.78 is 12.4. The van der Waals surface area contributed by atoms with Gasteiger partial charge < -0.3 is 14.8 Å². The fourth-order valence-corrected chi connectivity index (χ4v) is 2.87. The average molecular weight is 376 g/mol. The maximum Gasteiger partial charge on any atom is 0.255 e. The van der Waals surface area contributed by atoms with E-state index in [1.54, 1.807) is 12.1 Å². The Bertz CT molecular complexity index is 728. The highest BCUT2D eigenvalue weighted by atomic mass is 79.9. The maximum atomic E-state index is 12.4. The molecule has 0 saturated carbocycles. The van der Waals surface area contributed by atoms with E-state index in [1.807, 2.05) is 38.1 Å². The monoisotopic (exact) mass is 375 g/mol. The molecule has 0 aliphatic carbocycles. The van der Waals surface area contributed by atoms with Crippen LogP contribution in [0.3, 0.4) is 0 Å². The summed E-state index contributed by atoms with van der Waals surface area (Å²) >= 11 is 3.36. The predicted octanol–water partition coefficient (Wildman–Crippen LogP) is 4.42. The van der Waals surface area contributed by atoms with Crippen LogP contribution in [0, 0.1) is 0 Å². The molecule has 1 heterocycles. The normalized spacial score (nSPS) is 15.7. The van der Waals surface area contributed by atoms with E-state index < -0.39 is 0 Å². The molecular formula is C18H18BrNO3. The molecule has 1 aliphatic heterocycles. The molecule has 0 saturated heterocycles. The summed E-state index contributed by atoms with van der Waals surface area (Å²) in [6.07, 6.45) is 1.01. The van der Waals surface area contributed by atoms with Crippen molar-refractivity contribution in [2.24, 2.45) is 0 Å². The van der Waals surface area contributed by atoms with Crippen LogP contribution >= 0.6 is 15.9 Å². The molecule has 5 heteroatoms. The third-order valence-corrected chi connectivity index (χ3v) is 4.18. The van der Waals surface area contributed by atoms with Crippen LogP contribution in [0.25, 0.3) is 0 Å². The van der Waals surface area contributed by atoms with Gasteiger partial charge in [-0.15, -0.1) is 0 Å². The fourth-order valence-electron chi connectivity index (χ4n) is 2.61. The molecule has 2 aromatic carbocycles. The van der Waals surface area contributed by atoms with Gasteiger partial charge in [0.25, 0.3) is 5.91 Å². The summed E-state index contributed by atoms with van der Waals surface area (Å²) in [5.41, 5.74) is 2.33. The van der Waals surface area contributed by atoms with Crippen molar-refractivity contribution in [3.63, 3.8) is 0 Å². The second-order valence-electron chi connectivity index (χ2n) is 5.48. The molecule has 23 heavy (non-hydrogen) atoms. The number of hydrogen-bond donors (Lipinski definition) is 1. The zero-order valence-corrected chi connectivity index (χ0v) is 14.6. The number of rotatable bonds is 4. The number of carbonyl (C=O) groups is 1. The van der Waals surface area contributed by atoms with Gasteiger partial charge in [0.05, 0.1) is 12.3 Å². The van der Waals surface area contributed by atoms with Gasteiger partial charge in [-0.25, -0.2) is 0 Å². The molecule has 0 radical (unpaired) electrons. The van der Waals surface area contributed by atoms with E-state index in [2.05, 4.69) is 21.2 Å². The number of carbonyl (C=O) groups excluding carboxylic acids is 1. The first-order valence-corrected chi connectivity index (χ1v) is 8.39. The Morgan fingerprint density at radius 2 is 2.09 bits per heavy atom. The molecule has 3 rings (SSSR count). The van der Waals surface area contributed by atoms with E-state index in [9.17, 15) is 4.79 Å². The third kappa shape index (κ3) is 3.50. The Hall–Kier alpha value is -2.01. The van der Waals surface area contributed by atoms with Gasteiger partial charge >= 0.3 is 0 Å². The van der Waals surface area contributed by atoms with E-state index in [1.165, 1.54) is 0 Å². The molecule has 2 aromatic rings. The Kier molecular flexibility index (Phi) is 4.57. The summed E-state index contributed by atoms with van der Waals surface area (Å²) in [5, 5.41) is 2.92. The van der Waals surface area contributed by atoms with Crippen molar-refractivity contribution in [1.82, 2.24) is 0 Å². The molecule has 0 fully saturated rings. The van der Waals surface area contributed by atoms with Crippen molar-refractivity contribution in [2.75, 3.05) is 11.9 Å². The van der Waals surface area contributed by atoms with E-state index in [0.717, 1.165) is 22.2 Å². The van der Waals surface area contributed by atoms with Gasteiger partial charge in [-0.1, -0.05) is 15.9 Å². The number of ether oxygens (including phenoxy) is 2. The first kappa shape index (κ1) is 15.9. The fraction of sp³-hybridized carbons (Fsp3) is 0.278. The minimum atomic E-state index is -0.176. The molecule has 1 aliphatic rings. The molecule has 0 spiro atoms. The van der Waals surface area contributed by atoms with Crippen LogP contribution in [-0.2, 0) is 6.42 Å². The lowest BCUT2D eigenvalue weighted by molar-refractivity contribution is 0.102. The van der Waals surface area contributed by atoms with Crippen molar-refractivity contribution < 1.29 is 14.3 Å². The minimum absolute atomic E-state index is 0.150. The van der Waals surface area contributed by atoms with Crippen molar-refractivity contribution in [1.29, 1.82) is 0 Å². The molecular weight excluding hydrogens is 358 g/mol. The van der Waals surface area contributed by atoms with Crippen LogP contribution < -0.4 is 14.8 Å². The lowest BCUT2D eigenvalue weighted by Gasteiger charge is -2.13. The van der Waals surface area contributed by atoms with Crippen molar-refractivity contribution in [2.45, 2.75) is 26.4 Å². The first-order chi connectivity index (χ1) is 11.1. The van der Waals surface area contributed by atoms with E-state index in [4.69, 9.17) is 9.47 Å². The van der Waals surface area contributed by atoms with Gasteiger partial charge in [0.15, 0.2) is 0 Å². The Morgan fingerprint density at radius 1 is 1.35 bits per heavy atom. The Labute approximate surface area is 143 Å². The Balaban J connectivity index is 1.88. The number of halogens is 1. The predicted molar refractivity (Wildman–Crippen MR) is 93.5 cm³/mol. The smallest absolute Gasteiger partial charge is 0.255 e. The van der Waals surface area contributed by atoms with Crippen LogP contribution in [0.15, 0.2) is 40.9 Å². The minimum Gasteiger partial charge on any atom is -0.492 e. The van der Waals surface area contributed by atoms with Crippen LogP contribution in [0.5, 0.6) is 11.5 Å². The van der Waals surface area contributed by atoms with Gasteiger partial charge in [0.2, 0.25) is 0 Å². The van der Waals surface area contributed by atoms with Gasteiger partial charge in [-0.05, 0) is 44.2 Å². The molecule has 4 nitrogen and oxygen atoms in total. The second-order valence-corrected chi connectivity index (χ2v) is 6.40. The highest BCUT2D eigenvalue weighted by molar-refractivity contribution is 9.10. The lowest BCUT2D eigenvalue weighted by Crippen LogP contribution is -2.13. The van der Waals surface area contributed by atoms with Crippen molar-refractivity contribution >= 4 is 27.5 Å². The van der Waals surface area contributed by atoms with Crippen molar-refractivity contribution in [3.8, 4) is 11.5 Å². The molecule has 120 valence electrons. The largest absolute Gasteiger partial charge is 0.492 e. The summed E-state index contributed by atoms with van der Waals surface area (Å²) in [6, 6.07) is 11.0. The van der Waals surface area contributed by atoms with E-state index >= 15 is 0 Å². The van der Waals surface area contributed by atoms with Gasteiger partial charge in [0.1, 0.15) is 17.6 Å². The third-order valence-electron chi connectivity index (χ3n) is 3.65. The van der Waals surface area contributed by atoms with Crippen LogP contribution in [0.4, 0.5) is 5.69 Å². The molecule has 1 N–H and O–H groups in total. The topological polar surface area (TPSA) is 47.6 Å². The summed E-state index contributed by atoms with van der Waals surface area (Å²) in [4.78, 5) is 12.4. The highest BCUT2D eigenvalue weighted by Crippen LogP contribution is 2.38. The van der Waals surface area contributed by atoms with E-state index in [-0.39, 0.29) is 12.0 Å². The van der Waals surface area contributed by atoms with Crippen LogP contribution in [0.1, 0.15) is 29.8 Å². The van der Waals surface area contributed by atoms with Crippen LogP contribution in [-0.4, -0.2) is 18.6 Å². The number of anilines is 1. The van der Waals surface area contributed by atoms with Crippen LogP contribution in [0.2, 0.25) is 0 Å². The van der Waals surface area contributed by atoms with Gasteiger partial charge in [0, 0.05) is 28.1 Å². The Morgan fingerprint density at radius 3 is 2.78 bits per heavy atom. The first-order valence-electron chi connectivity index (χ1n) is 7.60. The zero-order chi connectivity index (χ0) is 16.4. The second kappa shape index (κ2) is 6.62. The van der Waals surface area contributed by atoms with Crippen molar-refractivity contribution in [3.05, 3.63) is 52.0 Å². The number of amides is 1. The summed E-state index contributed by atoms with van der Waals surface area (Å²) in [6.45, 7) is 4.49. The standard InChI is InChI=1S/C18H18BrNO3/c1-3-22-17-9-13-8-11(2)23-16(13)10-15(17)20-18(21)12-4-6-14(19)7-5-12/h4-7,9-11H,3,8H2,1-2H3,(H,20,21). The van der Waals surface area contributed by atoms with Gasteiger partial charge in [-0.3, -0.25) is 4.79 Å². The van der Waals surface area contributed by atoms with E-state index in [0.29, 0.717) is 23.6 Å². The molecule has 0 bridgehead atoms. The highest BCUT2D eigenvalue weighted by Gasteiger charge is 2.22. The number of benzene rings is 2. The molecule has 1 atom stereocenters. The molecule has 1 unspecified atom stereocenters.